The summed E-state index contributed by atoms with van der Waals surface area (Å²) in [6.07, 6.45) is 4.20. The number of likely N-dealkylation sites (N-methyl/N-ethyl adjacent to an activating group) is 1. The highest BCUT2D eigenvalue weighted by Crippen LogP contribution is 2.33. The summed E-state index contributed by atoms with van der Waals surface area (Å²) in [6.45, 7) is 6.05. The fourth-order valence-electron chi connectivity index (χ4n) is 3.86. The molecule has 1 aromatic carbocycles. The Labute approximate surface area is 157 Å². The van der Waals surface area contributed by atoms with Crippen LogP contribution in [0.3, 0.4) is 0 Å². The van der Waals surface area contributed by atoms with Gasteiger partial charge in [-0.05, 0) is 25.1 Å². The molecule has 1 amide bonds. The lowest BCUT2D eigenvalue weighted by Crippen LogP contribution is -3.14. The largest absolute Gasteiger partial charge is 0.454 e. The lowest BCUT2D eigenvalue weighted by molar-refractivity contribution is -0.909. The van der Waals surface area contributed by atoms with Crippen LogP contribution < -0.4 is 14.4 Å². The Kier molecular flexibility index (Phi) is 5.08. The third-order valence-electron chi connectivity index (χ3n) is 5.24. The number of quaternary nitrogens is 1. The number of aromatic nitrogens is 1. The van der Waals surface area contributed by atoms with E-state index < -0.39 is 0 Å². The van der Waals surface area contributed by atoms with Crippen molar-refractivity contribution in [3.05, 3.63) is 40.3 Å². The van der Waals surface area contributed by atoms with Crippen molar-refractivity contribution >= 4 is 17.2 Å². The van der Waals surface area contributed by atoms with E-state index in [0.29, 0.717) is 29.6 Å². The molecule has 2 atom stereocenters. The Hall–Kier alpha value is -2.12. The number of likely N-dealkylation sites (tertiary alicyclic amines) is 1. The highest BCUT2D eigenvalue weighted by Gasteiger charge is 2.31. The van der Waals surface area contributed by atoms with Gasteiger partial charge in [-0.1, -0.05) is 0 Å². The zero-order chi connectivity index (χ0) is 17.9. The summed E-state index contributed by atoms with van der Waals surface area (Å²) in [5, 5.41) is 2.92. The Morgan fingerprint density at radius 2 is 2.27 bits per heavy atom. The second kappa shape index (κ2) is 7.63. The molecule has 1 saturated heterocycles. The van der Waals surface area contributed by atoms with Crippen molar-refractivity contribution in [2.24, 2.45) is 0 Å². The van der Waals surface area contributed by atoms with Crippen LogP contribution in [0.4, 0.5) is 0 Å². The van der Waals surface area contributed by atoms with Gasteiger partial charge in [0.25, 0.3) is 5.91 Å². The van der Waals surface area contributed by atoms with Gasteiger partial charge < -0.3 is 19.3 Å². The highest BCUT2D eigenvalue weighted by atomic mass is 32.1. The Morgan fingerprint density at radius 3 is 3.08 bits per heavy atom. The van der Waals surface area contributed by atoms with Crippen LogP contribution >= 0.6 is 11.3 Å². The highest BCUT2D eigenvalue weighted by molar-refractivity contribution is 7.09. The quantitative estimate of drug-likeness (QED) is 0.834. The summed E-state index contributed by atoms with van der Waals surface area (Å²) in [7, 11) is 0. The van der Waals surface area contributed by atoms with E-state index in [1.807, 2.05) is 22.4 Å². The molecule has 7 heteroatoms. The van der Waals surface area contributed by atoms with Crippen molar-refractivity contribution in [1.82, 2.24) is 9.88 Å². The number of thiazole rings is 1. The van der Waals surface area contributed by atoms with E-state index in [1.165, 1.54) is 19.4 Å². The van der Waals surface area contributed by atoms with Gasteiger partial charge in [0.05, 0.1) is 26.2 Å². The number of ether oxygens (including phenoxy) is 2. The molecular weight excluding hydrogens is 350 g/mol. The predicted molar refractivity (Wildman–Crippen MR) is 98.8 cm³/mol. The van der Waals surface area contributed by atoms with Crippen LogP contribution in [0.1, 0.15) is 35.1 Å². The average Bonchev–Trinajstić information content (AvgIpc) is 3.41. The molecular formula is C19H24N3O3S+. The molecule has 1 unspecified atom stereocenters. The Balaban J connectivity index is 1.56. The summed E-state index contributed by atoms with van der Waals surface area (Å²) in [5.74, 6) is 1.37. The first-order valence-corrected chi connectivity index (χ1v) is 10.0. The molecule has 1 aromatic heterocycles. The maximum Gasteiger partial charge on any atom is 0.254 e. The molecule has 6 nitrogen and oxygen atoms in total. The third kappa shape index (κ3) is 3.54. The van der Waals surface area contributed by atoms with Crippen LogP contribution in [-0.4, -0.2) is 48.3 Å². The second-order valence-corrected chi connectivity index (χ2v) is 7.76. The molecule has 0 spiro atoms. The fourth-order valence-corrected chi connectivity index (χ4v) is 4.49. The number of rotatable bonds is 6. The third-order valence-corrected chi connectivity index (χ3v) is 6.00. The number of benzene rings is 1. The van der Waals surface area contributed by atoms with Crippen molar-refractivity contribution in [2.75, 3.05) is 26.4 Å². The van der Waals surface area contributed by atoms with Crippen molar-refractivity contribution in [2.45, 2.75) is 32.4 Å². The first-order chi connectivity index (χ1) is 12.7. The van der Waals surface area contributed by atoms with Crippen LogP contribution in [0, 0.1) is 0 Å². The van der Waals surface area contributed by atoms with E-state index in [9.17, 15) is 4.79 Å². The molecule has 0 saturated carbocycles. The lowest BCUT2D eigenvalue weighted by Gasteiger charge is -2.28. The molecule has 1 fully saturated rings. The van der Waals surface area contributed by atoms with Crippen LogP contribution in [0.2, 0.25) is 0 Å². The van der Waals surface area contributed by atoms with Gasteiger partial charge in [0, 0.05) is 30.0 Å². The van der Waals surface area contributed by atoms with Crippen molar-refractivity contribution in [3.8, 4) is 11.5 Å². The van der Waals surface area contributed by atoms with E-state index in [0.717, 1.165) is 18.1 Å². The summed E-state index contributed by atoms with van der Waals surface area (Å²) < 4.78 is 10.8. The van der Waals surface area contributed by atoms with Crippen molar-refractivity contribution in [1.29, 1.82) is 0 Å². The number of carbonyl (C=O) groups is 1. The second-order valence-electron chi connectivity index (χ2n) is 6.78. The van der Waals surface area contributed by atoms with E-state index >= 15 is 0 Å². The first-order valence-electron chi connectivity index (χ1n) is 9.16. The normalized spacial score (nSPS) is 21.1. The van der Waals surface area contributed by atoms with E-state index in [1.54, 1.807) is 28.5 Å². The van der Waals surface area contributed by atoms with Crippen molar-refractivity contribution in [3.63, 3.8) is 0 Å². The summed E-state index contributed by atoms with van der Waals surface area (Å²) in [5.41, 5.74) is 0.641. The van der Waals surface area contributed by atoms with Crippen LogP contribution in [0.5, 0.6) is 11.5 Å². The number of amides is 1. The number of hydrogen-bond donors (Lipinski definition) is 1. The van der Waals surface area contributed by atoms with Gasteiger partial charge in [0.2, 0.25) is 6.79 Å². The van der Waals surface area contributed by atoms with Gasteiger partial charge >= 0.3 is 0 Å². The van der Waals surface area contributed by atoms with E-state index in [-0.39, 0.29) is 12.7 Å². The lowest BCUT2D eigenvalue weighted by atomic mass is 10.1. The zero-order valence-electron chi connectivity index (χ0n) is 14.9. The molecule has 2 aliphatic rings. The molecule has 2 aromatic rings. The average molecular weight is 374 g/mol. The summed E-state index contributed by atoms with van der Waals surface area (Å²) in [4.78, 5) is 21.2. The van der Waals surface area contributed by atoms with Crippen molar-refractivity contribution < 1.29 is 19.2 Å². The molecule has 0 aliphatic carbocycles. The minimum absolute atomic E-state index is 0.0286. The summed E-state index contributed by atoms with van der Waals surface area (Å²) >= 11 is 1.59. The van der Waals surface area contributed by atoms with Gasteiger partial charge in [-0.15, -0.1) is 11.3 Å². The molecule has 3 heterocycles. The number of nitrogens with zero attached hydrogens (tertiary/aromatic N) is 2. The zero-order valence-corrected chi connectivity index (χ0v) is 15.8. The number of fused-ring (bicyclic) bond motifs is 1. The molecule has 138 valence electrons. The fraction of sp³-hybridized carbons (Fsp3) is 0.474. The molecule has 1 N–H and O–H groups in total. The van der Waals surface area contributed by atoms with Gasteiger partial charge in [-0.25, -0.2) is 4.98 Å². The van der Waals surface area contributed by atoms with E-state index in [4.69, 9.17) is 9.47 Å². The molecule has 0 bridgehead atoms. The van der Waals surface area contributed by atoms with Crippen LogP contribution in [0.25, 0.3) is 0 Å². The standard InChI is InChI=1S/C19H23N3O3S/c1-2-21-8-3-4-15(21)11-22(12-18-20-7-9-26-18)19(23)14-5-6-16-17(10-14)25-13-24-16/h5-7,9-10,15H,2-4,8,11-13H2,1H3/p+1/t15-/m0/s1. The van der Waals surface area contributed by atoms with Gasteiger partial charge in [-0.3, -0.25) is 4.79 Å². The Bertz CT molecular complexity index is 765. The number of nitrogens with one attached hydrogen (secondary N) is 1. The predicted octanol–water partition coefficient (Wildman–Crippen LogP) is 1.58. The van der Waals surface area contributed by atoms with E-state index in [2.05, 4.69) is 11.9 Å². The SMILES string of the molecule is CC[NH+]1CCC[C@H]1CN(Cc1nccs1)C(=O)c1ccc2c(c1)OCO2. The maximum absolute atomic E-state index is 13.3. The minimum atomic E-state index is 0.0286. The molecule has 26 heavy (non-hydrogen) atoms. The topological polar surface area (TPSA) is 56.1 Å². The Morgan fingerprint density at radius 1 is 1.38 bits per heavy atom. The first kappa shape index (κ1) is 17.3. The van der Waals surface area contributed by atoms with Gasteiger partial charge in [0.1, 0.15) is 11.0 Å². The molecule has 4 rings (SSSR count). The molecule has 0 radical (unpaired) electrons. The van der Waals surface area contributed by atoms with Gasteiger partial charge in [0.15, 0.2) is 11.5 Å². The smallest absolute Gasteiger partial charge is 0.254 e. The van der Waals surface area contributed by atoms with Crippen LogP contribution in [-0.2, 0) is 6.54 Å². The minimum Gasteiger partial charge on any atom is -0.454 e. The summed E-state index contributed by atoms with van der Waals surface area (Å²) in [6, 6.07) is 5.93. The number of hydrogen-bond acceptors (Lipinski definition) is 5. The van der Waals surface area contributed by atoms with Gasteiger partial charge in [-0.2, -0.15) is 0 Å². The van der Waals surface area contributed by atoms with Crippen LogP contribution in [0.15, 0.2) is 29.8 Å². The molecule has 2 aliphatic heterocycles. The number of carbonyl (C=O) groups excluding carboxylic acids is 1. The monoisotopic (exact) mass is 374 g/mol. The maximum atomic E-state index is 13.3.